The Labute approximate surface area is 87.1 Å². The third kappa shape index (κ3) is 2.68. The molecule has 1 aromatic rings. The quantitative estimate of drug-likeness (QED) is 0.561. The zero-order chi connectivity index (χ0) is 11.4. The molecule has 0 amide bonds. The van der Waals surface area contributed by atoms with E-state index in [4.69, 9.17) is 10.00 Å². The van der Waals surface area contributed by atoms with E-state index in [1.54, 1.807) is 13.8 Å². The van der Waals surface area contributed by atoms with Crippen LogP contribution in [0.25, 0.3) is 0 Å². The predicted octanol–water partition coefficient (Wildman–Crippen LogP) is 2.19. The summed E-state index contributed by atoms with van der Waals surface area (Å²) in [7, 11) is 0. The largest absolute Gasteiger partial charge is 0.476 e. The van der Waals surface area contributed by atoms with Crippen molar-refractivity contribution in [2.24, 2.45) is 0 Å². The van der Waals surface area contributed by atoms with Gasteiger partial charge in [-0.25, -0.2) is 0 Å². The van der Waals surface area contributed by atoms with Crippen LogP contribution in [-0.2, 0) is 0 Å². The summed E-state index contributed by atoms with van der Waals surface area (Å²) in [6.07, 6.45) is -0.565. The predicted molar refractivity (Wildman–Crippen MR) is 53.5 cm³/mol. The van der Waals surface area contributed by atoms with Gasteiger partial charge in [0.05, 0.1) is 4.92 Å². The average Bonchev–Trinajstić information content (AvgIpc) is 2.20. The van der Waals surface area contributed by atoms with Crippen LogP contribution in [0.1, 0.15) is 12.5 Å². The van der Waals surface area contributed by atoms with Crippen LogP contribution in [0.4, 0.5) is 5.69 Å². The summed E-state index contributed by atoms with van der Waals surface area (Å²) >= 11 is 0. The molecule has 1 atom stereocenters. The molecular weight excluding hydrogens is 196 g/mol. The first-order valence-corrected chi connectivity index (χ1v) is 4.36. The molecule has 5 heteroatoms. The second kappa shape index (κ2) is 4.42. The summed E-state index contributed by atoms with van der Waals surface area (Å²) in [6, 6.07) is 6.19. The first-order valence-electron chi connectivity index (χ1n) is 4.36. The molecule has 0 aliphatic carbocycles. The zero-order valence-electron chi connectivity index (χ0n) is 8.43. The summed E-state index contributed by atoms with van der Waals surface area (Å²) < 4.78 is 5.25. The van der Waals surface area contributed by atoms with E-state index in [0.29, 0.717) is 11.3 Å². The van der Waals surface area contributed by atoms with Gasteiger partial charge in [0.15, 0.2) is 6.10 Å². The number of nitrogens with zero attached hydrogens (tertiary/aromatic N) is 2. The Morgan fingerprint density at radius 2 is 2.27 bits per heavy atom. The summed E-state index contributed by atoms with van der Waals surface area (Å²) in [6.45, 7) is 3.31. The van der Waals surface area contributed by atoms with Crippen molar-refractivity contribution in [2.75, 3.05) is 0 Å². The van der Waals surface area contributed by atoms with Gasteiger partial charge in [-0.1, -0.05) is 0 Å². The second-order valence-electron chi connectivity index (χ2n) is 3.10. The molecule has 0 aliphatic rings. The smallest absolute Gasteiger partial charge is 0.269 e. The molecule has 5 nitrogen and oxygen atoms in total. The number of hydrogen-bond acceptors (Lipinski definition) is 4. The fourth-order valence-corrected chi connectivity index (χ4v) is 1.10. The van der Waals surface area contributed by atoms with Crippen molar-refractivity contribution in [3.8, 4) is 11.8 Å². The van der Waals surface area contributed by atoms with Gasteiger partial charge in [-0.2, -0.15) is 5.26 Å². The molecule has 1 rings (SSSR count). The first-order chi connectivity index (χ1) is 7.04. The molecule has 0 aromatic heterocycles. The van der Waals surface area contributed by atoms with Gasteiger partial charge in [0.25, 0.3) is 5.69 Å². The first kappa shape index (κ1) is 11.0. The lowest BCUT2D eigenvalue weighted by molar-refractivity contribution is -0.384. The number of hydrogen-bond donors (Lipinski definition) is 0. The van der Waals surface area contributed by atoms with E-state index in [1.165, 1.54) is 18.2 Å². The second-order valence-corrected chi connectivity index (χ2v) is 3.10. The highest BCUT2D eigenvalue weighted by molar-refractivity contribution is 5.43. The Kier molecular flexibility index (Phi) is 3.24. The number of rotatable bonds is 3. The molecule has 78 valence electrons. The fourth-order valence-electron chi connectivity index (χ4n) is 1.10. The minimum absolute atomic E-state index is 0.0180. The summed E-state index contributed by atoms with van der Waals surface area (Å²) in [5, 5.41) is 19.0. The van der Waals surface area contributed by atoms with Crippen molar-refractivity contribution in [3.05, 3.63) is 33.9 Å². The topological polar surface area (TPSA) is 76.2 Å². The minimum Gasteiger partial charge on any atom is -0.476 e. The van der Waals surface area contributed by atoms with Crippen molar-refractivity contribution in [2.45, 2.75) is 20.0 Å². The van der Waals surface area contributed by atoms with Gasteiger partial charge in [-0.05, 0) is 25.5 Å². The van der Waals surface area contributed by atoms with E-state index >= 15 is 0 Å². The molecule has 0 saturated heterocycles. The number of ether oxygens (including phenoxy) is 1. The molecule has 0 aliphatic heterocycles. The van der Waals surface area contributed by atoms with Gasteiger partial charge in [0.2, 0.25) is 0 Å². The number of non-ortho nitro benzene ring substituents is 1. The summed E-state index contributed by atoms with van der Waals surface area (Å²) in [4.78, 5) is 9.99. The van der Waals surface area contributed by atoms with Gasteiger partial charge >= 0.3 is 0 Å². The maximum atomic E-state index is 10.5. The molecule has 0 radical (unpaired) electrons. The van der Waals surface area contributed by atoms with Crippen LogP contribution < -0.4 is 4.74 Å². The van der Waals surface area contributed by atoms with E-state index in [0.717, 1.165) is 0 Å². The number of aryl methyl sites for hydroxylation is 1. The molecule has 0 heterocycles. The lowest BCUT2D eigenvalue weighted by atomic mass is 10.2. The van der Waals surface area contributed by atoms with Crippen molar-refractivity contribution in [1.29, 1.82) is 5.26 Å². The Bertz CT molecular complexity index is 423. The molecule has 0 spiro atoms. The summed E-state index contributed by atoms with van der Waals surface area (Å²) in [5.41, 5.74) is 0.663. The van der Waals surface area contributed by atoms with Crippen LogP contribution >= 0.6 is 0 Å². The number of nitro benzene ring substituents is 1. The number of nitriles is 1. The van der Waals surface area contributed by atoms with Crippen LogP contribution in [0, 0.1) is 28.4 Å². The highest BCUT2D eigenvalue weighted by Gasteiger charge is 2.10. The van der Waals surface area contributed by atoms with Crippen molar-refractivity contribution in [3.63, 3.8) is 0 Å². The molecular formula is C10H10N2O3. The van der Waals surface area contributed by atoms with Crippen molar-refractivity contribution in [1.82, 2.24) is 0 Å². The Balaban J connectivity index is 2.94. The van der Waals surface area contributed by atoms with Gasteiger partial charge in [0, 0.05) is 12.1 Å². The zero-order valence-corrected chi connectivity index (χ0v) is 8.43. The lowest BCUT2D eigenvalue weighted by Gasteiger charge is -2.09. The van der Waals surface area contributed by atoms with E-state index in [2.05, 4.69) is 0 Å². The van der Waals surface area contributed by atoms with Crippen LogP contribution in [-0.4, -0.2) is 11.0 Å². The van der Waals surface area contributed by atoms with Gasteiger partial charge in [0.1, 0.15) is 11.8 Å². The average molecular weight is 206 g/mol. The normalized spacial score (nSPS) is 11.5. The molecule has 0 bridgehead atoms. The highest BCUT2D eigenvalue weighted by Crippen LogP contribution is 2.23. The molecule has 1 unspecified atom stereocenters. The van der Waals surface area contributed by atoms with Gasteiger partial charge in [-0.3, -0.25) is 10.1 Å². The standard InChI is InChI=1S/C10H10N2O3/c1-7-5-9(12(13)14)3-4-10(7)15-8(2)6-11/h3-5,8H,1-2H3. The maximum Gasteiger partial charge on any atom is 0.269 e. The van der Waals surface area contributed by atoms with E-state index in [-0.39, 0.29) is 5.69 Å². The maximum absolute atomic E-state index is 10.5. The molecule has 0 saturated carbocycles. The van der Waals surface area contributed by atoms with Crippen LogP contribution in [0.3, 0.4) is 0 Å². The van der Waals surface area contributed by atoms with Crippen LogP contribution in [0.2, 0.25) is 0 Å². The lowest BCUT2D eigenvalue weighted by Crippen LogP contribution is -2.09. The third-order valence-corrected chi connectivity index (χ3v) is 1.85. The fraction of sp³-hybridized carbons (Fsp3) is 0.300. The molecule has 0 fully saturated rings. The molecule has 1 aromatic carbocycles. The number of nitro groups is 1. The van der Waals surface area contributed by atoms with E-state index in [1.807, 2.05) is 6.07 Å². The van der Waals surface area contributed by atoms with Crippen molar-refractivity contribution < 1.29 is 9.66 Å². The Morgan fingerprint density at radius 3 is 2.73 bits per heavy atom. The SMILES string of the molecule is Cc1cc([N+](=O)[O-])ccc1OC(C)C#N. The monoisotopic (exact) mass is 206 g/mol. The molecule has 0 N–H and O–H groups in total. The van der Waals surface area contributed by atoms with Crippen molar-refractivity contribution >= 4 is 5.69 Å². The van der Waals surface area contributed by atoms with Gasteiger partial charge < -0.3 is 4.74 Å². The Morgan fingerprint density at radius 1 is 1.60 bits per heavy atom. The minimum atomic E-state index is -0.565. The van der Waals surface area contributed by atoms with Crippen LogP contribution in [0.5, 0.6) is 5.75 Å². The third-order valence-electron chi connectivity index (χ3n) is 1.85. The Hall–Kier alpha value is -2.09. The van der Waals surface area contributed by atoms with Gasteiger partial charge in [-0.15, -0.1) is 0 Å². The number of benzene rings is 1. The van der Waals surface area contributed by atoms with E-state index in [9.17, 15) is 10.1 Å². The summed E-state index contributed by atoms with van der Waals surface area (Å²) in [5.74, 6) is 0.495. The van der Waals surface area contributed by atoms with E-state index < -0.39 is 11.0 Å². The van der Waals surface area contributed by atoms with Crippen LogP contribution in [0.15, 0.2) is 18.2 Å². The highest BCUT2D eigenvalue weighted by atomic mass is 16.6. The molecule has 15 heavy (non-hydrogen) atoms.